The van der Waals surface area contributed by atoms with Gasteiger partial charge in [0, 0.05) is 17.8 Å². The van der Waals surface area contributed by atoms with Crippen LogP contribution in [0.15, 0.2) is 72.9 Å². The average molecular weight is 521 g/mol. The number of aromatic nitrogens is 4. The number of ether oxygens (including phenoxy) is 3. The van der Waals surface area contributed by atoms with Crippen LogP contribution in [0.2, 0.25) is 5.02 Å². The molecule has 37 heavy (non-hydrogen) atoms. The Labute approximate surface area is 216 Å². The highest BCUT2D eigenvalue weighted by Gasteiger charge is 2.43. The van der Waals surface area contributed by atoms with E-state index < -0.39 is 0 Å². The summed E-state index contributed by atoms with van der Waals surface area (Å²) < 4.78 is 31.9. The molecule has 6 rings (SSSR count). The van der Waals surface area contributed by atoms with Crippen molar-refractivity contribution in [3.05, 3.63) is 95.2 Å². The zero-order valence-corrected chi connectivity index (χ0v) is 20.3. The van der Waals surface area contributed by atoms with E-state index in [2.05, 4.69) is 26.0 Å². The van der Waals surface area contributed by atoms with E-state index in [1.54, 1.807) is 31.5 Å². The maximum atomic E-state index is 13.5. The second kappa shape index (κ2) is 10.0. The van der Waals surface area contributed by atoms with Crippen LogP contribution in [-0.4, -0.2) is 45.4 Å². The third-order valence-electron chi connectivity index (χ3n) is 6.00. The summed E-state index contributed by atoms with van der Waals surface area (Å²) in [5.74, 6) is 1.33. The summed E-state index contributed by atoms with van der Waals surface area (Å²) in [6, 6.07) is 17.2. The fourth-order valence-electron chi connectivity index (χ4n) is 3.98. The summed E-state index contributed by atoms with van der Waals surface area (Å²) in [4.78, 5) is 4.11. The summed E-state index contributed by atoms with van der Waals surface area (Å²) in [5.41, 5.74) is 8.67. The van der Waals surface area contributed by atoms with Crippen molar-refractivity contribution in [2.45, 2.75) is 24.7 Å². The van der Waals surface area contributed by atoms with E-state index in [1.165, 1.54) is 12.1 Å². The molecule has 11 heteroatoms. The molecule has 4 unspecified atom stereocenters. The standard InChI is InChI=1S/C26H22ClFN6O3/c1-35-22-14-16(12-13-29-22)23-26(37-23)33-32-25-20(36-25)10-11-21-30-31-24(15-6-8-17(28)9-7-15)34(21)19-5-3-2-4-18(19)27/h2-14,20,23,25-26,32-33H,1H3. The van der Waals surface area contributed by atoms with Gasteiger partial charge in [-0.2, -0.15) is 0 Å². The van der Waals surface area contributed by atoms with Gasteiger partial charge in [-0.1, -0.05) is 23.7 Å². The lowest BCUT2D eigenvalue weighted by molar-refractivity contribution is 0.283. The van der Waals surface area contributed by atoms with E-state index in [4.69, 9.17) is 25.8 Å². The molecule has 0 spiro atoms. The molecule has 2 fully saturated rings. The number of epoxide rings is 2. The quantitative estimate of drug-likeness (QED) is 0.252. The molecular weight excluding hydrogens is 499 g/mol. The van der Waals surface area contributed by atoms with Crippen LogP contribution in [0.3, 0.4) is 0 Å². The number of pyridine rings is 1. The van der Waals surface area contributed by atoms with Gasteiger partial charge in [0.15, 0.2) is 24.1 Å². The lowest BCUT2D eigenvalue weighted by atomic mass is 10.2. The second-order valence-electron chi connectivity index (χ2n) is 8.45. The number of hydrogen-bond acceptors (Lipinski definition) is 8. The van der Waals surface area contributed by atoms with Gasteiger partial charge in [0.2, 0.25) is 5.88 Å². The molecule has 2 aromatic heterocycles. The molecule has 2 N–H and O–H groups in total. The molecule has 0 amide bonds. The summed E-state index contributed by atoms with van der Waals surface area (Å²) in [6.07, 6.45) is 4.75. The second-order valence-corrected chi connectivity index (χ2v) is 8.86. The van der Waals surface area contributed by atoms with E-state index >= 15 is 0 Å². The SMILES string of the molecule is COc1cc(C2OC2NNC2OC2C=Cc2nnc(-c3ccc(F)cc3)n2-c2ccccc2Cl)ccn1. The molecule has 4 aromatic rings. The first-order valence-corrected chi connectivity index (χ1v) is 11.9. The Balaban J connectivity index is 1.13. The van der Waals surface area contributed by atoms with Gasteiger partial charge in [-0.3, -0.25) is 4.57 Å². The molecule has 4 atom stereocenters. The fraction of sp³-hybridized carbons (Fsp3) is 0.192. The third-order valence-corrected chi connectivity index (χ3v) is 6.32. The van der Waals surface area contributed by atoms with Crippen LogP contribution in [0.1, 0.15) is 17.5 Å². The molecule has 0 bridgehead atoms. The predicted octanol–water partition coefficient (Wildman–Crippen LogP) is 4.06. The van der Waals surface area contributed by atoms with Crippen LogP contribution in [-0.2, 0) is 9.47 Å². The highest BCUT2D eigenvalue weighted by Crippen LogP contribution is 2.37. The van der Waals surface area contributed by atoms with Crippen LogP contribution in [0.4, 0.5) is 4.39 Å². The first-order valence-electron chi connectivity index (χ1n) is 11.6. The Morgan fingerprint density at radius 2 is 1.84 bits per heavy atom. The maximum absolute atomic E-state index is 13.5. The molecule has 0 saturated carbocycles. The van der Waals surface area contributed by atoms with Crippen molar-refractivity contribution < 1.29 is 18.6 Å². The number of para-hydroxylation sites is 1. The third kappa shape index (κ3) is 5.10. The lowest BCUT2D eigenvalue weighted by Crippen LogP contribution is -2.37. The molecule has 9 nitrogen and oxygen atoms in total. The van der Waals surface area contributed by atoms with Crippen LogP contribution in [0.25, 0.3) is 23.2 Å². The summed E-state index contributed by atoms with van der Waals surface area (Å²) in [6.45, 7) is 0. The molecule has 0 aliphatic carbocycles. The first kappa shape index (κ1) is 23.7. The van der Waals surface area contributed by atoms with Crippen LogP contribution in [0, 0.1) is 5.82 Å². The minimum atomic E-state index is -0.325. The molecule has 2 aliphatic rings. The Hall–Kier alpha value is -3.67. The molecule has 2 aromatic carbocycles. The van der Waals surface area contributed by atoms with Crippen molar-refractivity contribution in [3.63, 3.8) is 0 Å². The van der Waals surface area contributed by atoms with Crippen molar-refractivity contribution in [1.82, 2.24) is 30.6 Å². The minimum Gasteiger partial charge on any atom is -0.481 e. The van der Waals surface area contributed by atoms with Gasteiger partial charge in [-0.05, 0) is 60.2 Å². The van der Waals surface area contributed by atoms with Gasteiger partial charge >= 0.3 is 0 Å². The predicted molar refractivity (Wildman–Crippen MR) is 134 cm³/mol. The normalized spacial score (nSPS) is 22.4. The number of halogens is 2. The van der Waals surface area contributed by atoms with Crippen molar-refractivity contribution >= 4 is 17.7 Å². The molecule has 4 heterocycles. The Kier molecular flexibility index (Phi) is 6.41. The van der Waals surface area contributed by atoms with Gasteiger partial charge in [0.25, 0.3) is 0 Å². The van der Waals surface area contributed by atoms with Crippen LogP contribution >= 0.6 is 11.6 Å². The number of hydrogen-bond donors (Lipinski definition) is 2. The van der Waals surface area contributed by atoms with E-state index in [0.717, 1.165) is 5.56 Å². The molecule has 2 saturated heterocycles. The highest BCUT2D eigenvalue weighted by molar-refractivity contribution is 6.32. The van der Waals surface area contributed by atoms with Crippen molar-refractivity contribution in [2.24, 2.45) is 0 Å². The Morgan fingerprint density at radius 1 is 1.03 bits per heavy atom. The van der Waals surface area contributed by atoms with Gasteiger partial charge in [0.05, 0.1) is 17.8 Å². The number of methoxy groups -OCH3 is 1. The van der Waals surface area contributed by atoms with E-state index in [9.17, 15) is 4.39 Å². The van der Waals surface area contributed by atoms with Crippen molar-refractivity contribution in [2.75, 3.05) is 7.11 Å². The van der Waals surface area contributed by atoms with Crippen molar-refractivity contribution in [1.29, 1.82) is 0 Å². The number of nitrogens with zero attached hydrogens (tertiary/aromatic N) is 4. The monoisotopic (exact) mass is 520 g/mol. The summed E-state index contributed by atoms with van der Waals surface area (Å²) in [7, 11) is 1.58. The van der Waals surface area contributed by atoms with E-state index in [0.29, 0.717) is 33.8 Å². The van der Waals surface area contributed by atoms with E-state index in [1.807, 2.05) is 47.1 Å². The summed E-state index contributed by atoms with van der Waals surface area (Å²) >= 11 is 6.49. The zero-order valence-electron chi connectivity index (χ0n) is 19.6. The molecule has 188 valence electrons. The van der Waals surface area contributed by atoms with Crippen molar-refractivity contribution in [3.8, 4) is 23.0 Å². The average Bonchev–Trinajstić information content (AvgIpc) is 3.83. The first-order chi connectivity index (χ1) is 18.1. The van der Waals surface area contributed by atoms with Gasteiger partial charge < -0.3 is 14.2 Å². The van der Waals surface area contributed by atoms with Crippen LogP contribution < -0.4 is 15.6 Å². The number of hydrazine groups is 1. The number of rotatable bonds is 9. The number of nitrogens with one attached hydrogen (secondary N) is 2. The largest absolute Gasteiger partial charge is 0.481 e. The smallest absolute Gasteiger partial charge is 0.213 e. The number of benzene rings is 2. The fourth-order valence-corrected chi connectivity index (χ4v) is 4.20. The lowest BCUT2D eigenvalue weighted by Gasteiger charge is -2.10. The van der Waals surface area contributed by atoms with Gasteiger partial charge in [-0.15, -0.1) is 10.2 Å². The van der Waals surface area contributed by atoms with Gasteiger partial charge in [-0.25, -0.2) is 20.2 Å². The molecule has 0 radical (unpaired) electrons. The molecule has 2 aliphatic heterocycles. The zero-order chi connectivity index (χ0) is 25.4. The Morgan fingerprint density at radius 3 is 2.65 bits per heavy atom. The highest BCUT2D eigenvalue weighted by atomic mass is 35.5. The topological polar surface area (TPSA) is 102 Å². The van der Waals surface area contributed by atoms with Gasteiger partial charge in [0.1, 0.15) is 18.0 Å². The summed E-state index contributed by atoms with van der Waals surface area (Å²) in [5, 5.41) is 9.24. The van der Waals surface area contributed by atoms with Crippen LogP contribution in [0.5, 0.6) is 5.88 Å². The van der Waals surface area contributed by atoms with E-state index in [-0.39, 0.29) is 30.5 Å². The maximum Gasteiger partial charge on any atom is 0.213 e. The minimum absolute atomic E-state index is 0.0869. The molecular formula is C26H22ClFN6O3. The Bertz CT molecular complexity index is 1450.